The van der Waals surface area contributed by atoms with Crippen molar-refractivity contribution in [3.8, 4) is 0 Å². The van der Waals surface area contributed by atoms with Crippen LogP contribution in [0, 0.1) is 12.8 Å². The molecule has 6 nitrogen and oxygen atoms in total. The summed E-state index contributed by atoms with van der Waals surface area (Å²) in [6.07, 6.45) is 3.86. The zero-order valence-electron chi connectivity index (χ0n) is 18.6. The molecule has 2 aliphatic rings. The molecule has 0 unspecified atom stereocenters. The van der Waals surface area contributed by atoms with Crippen LogP contribution in [-0.2, 0) is 21.4 Å². The molecule has 0 radical (unpaired) electrons. The molecular formula is C23H37N3O3S. The lowest BCUT2D eigenvalue weighted by Crippen LogP contribution is -2.45. The maximum Gasteiger partial charge on any atom is 0.225 e. The minimum absolute atomic E-state index is 0.0365. The van der Waals surface area contributed by atoms with Gasteiger partial charge in [-0.15, -0.1) is 0 Å². The molecule has 168 valence electrons. The van der Waals surface area contributed by atoms with Crippen molar-refractivity contribution in [1.29, 1.82) is 0 Å². The predicted molar refractivity (Wildman–Crippen MR) is 121 cm³/mol. The van der Waals surface area contributed by atoms with Crippen LogP contribution in [0.3, 0.4) is 0 Å². The number of nitrogens with zero attached hydrogens (tertiary/aromatic N) is 3. The quantitative estimate of drug-likeness (QED) is 0.661. The van der Waals surface area contributed by atoms with E-state index in [1.54, 1.807) is 4.31 Å². The van der Waals surface area contributed by atoms with Crippen molar-refractivity contribution < 1.29 is 13.2 Å². The van der Waals surface area contributed by atoms with Crippen LogP contribution in [0.25, 0.3) is 0 Å². The van der Waals surface area contributed by atoms with Gasteiger partial charge in [-0.25, -0.2) is 12.7 Å². The van der Waals surface area contributed by atoms with Crippen LogP contribution in [-0.4, -0.2) is 73.5 Å². The van der Waals surface area contributed by atoms with Gasteiger partial charge in [0.25, 0.3) is 0 Å². The molecule has 0 spiro atoms. The summed E-state index contributed by atoms with van der Waals surface area (Å²) < 4.78 is 26.4. The van der Waals surface area contributed by atoms with E-state index in [1.807, 2.05) is 11.8 Å². The number of carbonyl (C=O) groups is 1. The number of amides is 1. The van der Waals surface area contributed by atoms with Crippen LogP contribution >= 0.6 is 0 Å². The summed E-state index contributed by atoms with van der Waals surface area (Å²) in [5, 5.41) is 0. The Balaban J connectivity index is 1.49. The average Bonchev–Trinajstić information content (AvgIpc) is 2.99. The van der Waals surface area contributed by atoms with Crippen molar-refractivity contribution in [2.24, 2.45) is 5.92 Å². The normalized spacial score (nSPS) is 20.3. The van der Waals surface area contributed by atoms with E-state index in [0.29, 0.717) is 32.4 Å². The summed E-state index contributed by atoms with van der Waals surface area (Å²) in [4.78, 5) is 17.6. The molecule has 30 heavy (non-hydrogen) atoms. The number of sulfonamides is 1. The Bertz CT molecular complexity index is 804. The van der Waals surface area contributed by atoms with E-state index in [4.69, 9.17) is 0 Å². The number of aryl methyl sites for hydroxylation is 1. The molecule has 1 amide bonds. The minimum atomic E-state index is -3.16. The molecule has 0 N–H and O–H groups in total. The van der Waals surface area contributed by atoms with Crippen LogP contribution in [0.5, 0.6) is 0 Å². The van der Waals surface area contributed by atoms with Gasteiger partial charge in [-0.2, -0.15) is 0 Å². The number of benzene rings is 1. The second-order valence-corrected chi connectivity index (χ2v) is 10.8. The fraction of sp³-hybridized carbons (Fsp3) is 0.696. The van der Waals surface area contributed by atoms with Gasteiger partial charge in [-0.1, -0.05) is 37.6 Å². The molecule has 1 aromatic carbocycles. The first-order chi connectivity index (χ1) is 14.4. The molecule has 1 aromatic rings. The van der Waals surface area contributed by atoms with Crippen LogP contribution in [0.15, 0.2) is 24.3 Å². The van der Waals surface area contributed by atoms with E-state index in [2.05, 4.69) is 36.1 Å². The highest BCUT2D eigenvalue weighted by Gasteiger charge is 2.33. The Kier molecular flexibility index (Phi) is 8.31. The van der Waals surface area contributed by atoms with Gasteiger partial charge in [-0.3, -0.25) is 9.69 Å². The van der Waals surface area contributed by atoms with Gasteiger partial charge in [0.15, 0.2) is 0 Å². The minimum Gasteiger partial charge on any atom is -0.341 e. The highest BCUT2D eigenvalue weighted by atomic mass is 32.2. The van der Waals surface area contributed by atoms with Crippen molar-refractivity contribution in [2.75, 3.05) is 45.0 Å². The Morgan fingerprint density at radius 1 is 1.03 bits per heavy atom. The van der Waals surface area contributed by atoms with Gasteiger partial charge in [-0.05, 0) is 43.7 Å². The molecule has 0 aliphatic carbocycles. The van der Waals surface area contributed by atoms with Crippen molar-refractivity contribution in [1.82, 2.24) is 14.1 Å². The van der Waals surface area contributed by atoms with E-state index in [1.165, 1.54) is 11.1 Å². The van der Waals surface area contributed by atoms with Gasteiger partial charge >= 0.3 is 0 Å². The van der Waals surface area contributed by atoms with Gasteiger partial charge in [0.2, 0.25) is 15.9 Å². The van der Waals surface area contributed by atoms with E-state index in [9.17, 15) is 13.2 Å². The topological polar surface area (TPSA) is 60.9 Å². The van der Waals surface area contributed by atoms with Crippen LogP contribution < -0.4 is 0 Å². The van der Waals surface area contributed by atoms with Gasteiger partial charge in [0.1, 0.15) is 0 Å². The third-order valence-electron chi connectivity index (χ3n) is 6.51. The molecule has 2 saturated heterocycles. The first-order valence-electron chi connectivity index (χ1n) is 11.4. The standard InChI is InChI=1S/C23H37N3O3S/c1-3-4-18-30(28,29)26-14-10-21(11-15-26)23(27)25-13-7-12-24(16-17-25)19-22-9-6-5-8-20(22)2/h5-6,8-9,21H,3-4,7,10-19H2,1-2H3. The van der Waals surface area contributed by atoms with Crippen LogP contribution in [0.4, 0.5) is 0 Å². The average molecular weight is 436 g/mol. The van der Waals surface area contributed by atoms with Crippen molar-refractivity contribution in [3.63, 3.8) is 0 Å². The third-order valence-corrected chi connectivity index (χ3v) is 8.46. The SMILES string of the molecule is CCCCS(=O)(=O)N1CCC(C(=O)N2CCCN(Cc3ccccc3C)CC2)CC1. The number of carbonyl (C=O) groups excluding carboxylic acids is 1. The summed E-state index contributed by atoms with van der Waals surface area (Å²) in [5.41, 5.74) is 2.67. The molecule has 0 bridgehead atoms. The fourth-order valence-electron chi connectivity index (χ4n) is 4.47. The second kappa shape index (κ2) is 10.7. The molecule has 2 heterocycles. The molecule has 3 rings (SSSR count). The monoisotopic (exact) mass is 435 g/mol. The Morgan fingerprint density at radius 2 is 1.77 bits per heavy atom. The Hall–Kier alpha value is -1.44. The summed E-state index contributed by atoms with van der Waals surface area (Å²) in [6.45, 7) is 9.52. The van der Waals surface area contributed by atoms with E-state index < -0.39 is 10.0 Å². The van der Waals surface area contributed by atoms with E-state index in [0.717, 1.165) is 45.6 Å². The predicted octanol–water partition coefficient (Wildman–Crippen LogP) is 2.87. The first-order valence-corrected chi connectivity index (χ1v) is 13.0. The zero-order chi connectivity index (χ0) is 21.6. The second-order valence-electron chi connectivity index (χ2n) is 8.72. The zero-order valence-corrected chi connectivity index (χ0v) is 19.4. The number of piperidine rings is 1. The van der Waals surface area contributed by atoms with Crippen molar-refractivity contribution in [2.45, 2.75) is 52.5 Å². The number of rotatable bonds is 7. The lowest BCUT2D eigenvalue weighted by molar-refractivity contribution is -0.136. The van der Waals surface area contributed by atoms with Crippen LogP contribution in [0.1, 0.15) is 50.2 Å². The highest BCUT2D eigenvalue weighted by molar-refractivity contribution is 7.89. The molecular weight excluding hydrogens is 398 g/mol. The van der Waals surface area contributed by atoms with Crippen molar-refractivity contribution in [3.05, 3.63) is 35.4 Å². The largest absolute Gasteiger partial charge is 0.341 e. The van der Waals surface area contributed by atoms with Gasteiger partial charge in [0, 0.05) is 51.7 Å². The molecule has 2 aliphatic heterocycles. The molecule has 0 saturated carbocycles. The number of hydrogen-bond acceptors (Lipinski definition) is 4. The summed E-state index contributed by atoms with van der Waals surface area (Å²) in [5.74, 6) is 0.411. The van der Waals surface area contributed by atoms with Gasteiger partial charge < -0.3 is 4.90 Å². The highest BCUT2D eigenvalue weighted by Crippen LogP contribution is 2.23. The lowest BCUT2D eigenvalue weighted by atomic mass is 9.96. The summed E-state index contributed by atoms with van der Waals surface area (Å²) in [7, 11) is -3.16. The molecule has 0 atom stereocenters. The summed E-state index contributed by atoms with van der Waals surface area (Å²) >= 11 is 0. The number of hydrogen-bond donors (Lipinski definition) is 0. The lowest BCUT2D eigenvalue weighted by Gasteiger charge is -2.33. The van der Waals surface area contributed by atoms with Crippen molar-refractivity contribution >= 4 is 15.9 Å². The number of unbranched alkanes of at least 4 members (excludes halogenated alkanes) is 1. The Morgan fingerprint density at radius 3 is 2.47 bits per heavy atom. The van der Waals surface area contributed by atoms with E-state index in [-0.39, 0.29) is 17.6 Å². The Labute approximate surface area is 182 Å². The molecule has 0 aromatic heterocycles. The first kappa shape index (κ1) is 23.2. The third kappa shape index (κ3) is 6.05. The molecule has 7 heteroatoms. The smallest absolute Gasteiger partial charge is 0.225 e. The van der Waals surface area contributed by atoms with Gasteiger partial charge in [0.05, 0.1) is 5.75 Å². The maximum atomic E-state index is 13.1. The fourth-order valence-corrected chi connectivity index (χ4v) is 6.15. The van der Waals surface area contributed by atoms with E-state index >= 15 is 0 Å². The summed E-state index contributed by atoms with van der Waals surface area (Å²) in [6, 6.07) is 8.50. The maximum absolute atomic E-state index is 13.1. The van der Waals surface area contributed by atoms with Crippen LogP contribution in [0.2, 0.25) is 0 Å². The molecule has 2 fully saturated rings.